The quantitative estimate of drug-likeness (QED) is 0.183. The first-order chi connectivity index (χ1) is 27.3. The van der Waals surface area contributed by atoms with E-state index in [1.165, 1.54) is 49.4 Å². The second-order valence-electron chi connectivity index (χ2n) is 14.3. The van der Waals surface area contributed by atoms with Crippen molar-refractivity contribution in [1.29, 1.82) is 0 Å². The summed E-state index contributed by atoms with van der Waals surface area (Å²) >= 11 is 0. The third kappa shape index (κ3) is 4.41. The summed E-state index contributed by atoms with van der Waals surface area (Å²) in [6, 6.07) is 67.3. The third-order valence-corrected chi connectivity index (χ3v) is 11.2. The maximum absolute atomic E-state index is 5.37. The van der Waals surface area contributed by atoms with Crippen LogP contribution in [0.3, 0.4) is 0 Å². The minimum atomic E-state index is 0.820. The van der Waals surface area contributed by atoms with Gasteiger partial charge in [0.15, 0.2) is 0 Å². The molecule has 55 heavy (non-hydrogen) atoms. The van der Waals surface area contributed by atoms with Crippen LogP contribution in [0.5, 0.6) is 0 Å². The summed E-state index contributed by atoms with van der Waals surface area (Å²) in [7, 11) is 0. The second kappa shape index (κ2) is 11.5. The van der Waals surface area contributed by atoms with Gasteiger partial charge in [0.1, 0.15) is 5.65 Å². The molecule has 0 N–H and O–H groups in total. The van der Waals surface area contributed by atoms with Gasteiger partial charge in [-0.1, -0.05) is 115 Å². The summed E-state index contributed by atoms with van der Waals surface area (Å²) in [6.07, 6.45) is 0. The van der Waals surface area contributed by atoms with E-state index >= 15 is 0 Å². The topological polar surface area (TPSA) is 40.0 Å². The summed E-state index contributed by atoms with van der Waals surface area (Å²) in [6.45, 7) is 0. The van der Waals surface area contributed by atoms with E-state index in [-0.39, 0.29) is 0 Å². The molecule has 0 spiro atoms. The Morgan fingerprint density at radius 2 is 0.818 bits per heavy atom. The van der Waals surface area contributed by atoms with Gasteiger partial charge in [-0.15, -0.1) is 0 Å². The standard InChI is InChI=1S/C50H31N5/c1-3-13-32(14-4-1)34-23-26-45-39(29-34)40-30-35(33-15-5-2-6-16-33)24-27-46(40)53(45)36-25-28-47-41(31-36)37-17-8-11-21-44(37)54(47)50-52-42-19-9-7-18-38(42)49-51-43-20-10-12-22-48(43)55(49)50/h1-31H. The van der Waals surface area contributed by atoms with Gasteiger partial charge in [0.05, 0.1) is 38.6 Å². The Kier molecular flexibility index (Phi) is 6.27. The number of benzene rings is 8. The molecule has 12 aromatic rings. The predicted molar refractivity (Wildman–Crippen MR) is 228 cm³/mol. The van der Waals surface area contributed by atoms with Gasteiger partial charge >= 0.3 is 0 Å². The molecule has 0 aliphatic carbocycles. The normalized spacial score (nSPS) is 12.0. The fourth-order valence-corrected chi connectivity index (χ4v) is 8.71. The molecule has 8 aromatic carbocycles. The zero-order chi connectivity index (χ0) is 36.0. The van der Waals surface area contributed by atoms with Crippen molar-refractivity contribution >= 4 is 71.2 Å². The molecule has 256 valence electrons. The number of para-hydroxylation sites is 4. The first kappa shape index (κ1) is 30.0. The molecule has 0 aliphatic heterocycles. The van der Waals surface area contributed by atoms with Crippen molar-refractivity contribution in [2.24, 2.45) is 0 Å². The van der Waals surface area contributed by atoms with Crippen LogP contribution < -0.4 is 0 Å². The second-order valence-corrected chi connectivity index (χ2v) is 14.3. The monoisotopic (exact) mass is 701 g/mol. The van der Waals surface area contributed by atoms with Crippen molar-refractivity contribution < 1.29 is 0 Å². The number of imidazole rings is 1. The molecule has 0 bridgehead atoms. The van der Waals surface area contributed by atoms with Crippen LogP contribution in [0.15, 0.2) is 188 Å². The molecule has 0 atom stereocenters. The molecule has 0 aliphatic rings. The Morgan fingerprint density at radius 3 is 1.51 bits per heavy atom. The Morgan fingerprint density at radius 1 is 0.309 bits per heavy atom. The van der Waals surface area contributed by atoms with Crippen molar-refractivity contribution in [3.8, 4) is 33.9 Å². The van der Waals surface area contributed by atoms with Gasteiger partial charge < -0.3 is 4.57 Å². The van der Waals surface area contributed by atoms with Gasteiger partial charge in [0.25, 0.3) is 0 Å². The number of fused-ring (bicyclic) bond motifs is 11. The highest BCUT2D eigenvalue weighted by atomic mass is 15.2. The van der Waals surface area contributed by atoms with E-state index in [1.807, 2.05) is 12.1 Å². The van der Waals surface area contributed by atoms with E-state index < -0.39 is 0 Å². The smallest absolute Gasteiger partial charge is 0.221 e. The van der Waals surface area contributed by atoms with E-state index in [9.17, 15) is 0 Å². The van der Waals surface area contributed by atoms with E-state index in [4.69, 9.17) is 9.97 Å². The first-order valence-electron chi connectivity index (χ1n) is 18.7. The number of hydrogen-bond acceptors (Lipinski definition) is 2. The Bertz CT molecular complexity index is 3380. The fourth-order valence-electron chi connectivity index (χ4n) is 8.71. The molecule has 0 fully saturated rings. The van der Waals surface area contributed by atoms with Gasteiger partial charge in [0, 0.05) is 32.6 Å². The van der Waals surface area contributed by atoms with Crippen LogP contribution in [0.25, 0.3) is 105 Å². The average molecular weight is 702 g/mol. The number of nitrogens with zero attached hydrogens (tertiary/aromatic N) is 5. The summed E-state index contributed by atoms with van der Waals surface area (Å²) in [5, 5.41) is 5.82. The van der Waals surface area contributed by atoms with Crippen molar-refractivity contribution in [2.45, 2.75) is 0 Å². The highest BCUT2D eigenvalue weighted by Crippen LogP contribution is 2.40. The number of hydrogen-bond donors (Lipinski definition) is 0. The lowest BCUT2D eigenvalue weighted by Crippen LogP contribution is -2.06. The first-order valence-corrected chi connectivity index (χ1v) is 18.7. The lowest BCUT2D eigenvalue weighted by atomic mass is 10.0. The summed E-state index contributed by atoms with van der Waals surface area (Å²) in [5.41, 5.74) is 14.3. The molecular weight excluding hydrogens is 671 g/mol. The zero-order valence-corrected chi connectivity index (χ0v) is 29.6. The molecule has 5 heteroatoms. The molecule has 4 aromatic heterocycles. The zero-order valence-electron chi connectivity index (χ0n) is 29.6. The lowest BCUT2D eigenvalue weighted by molar-refractivity contribution is 0.979. The van der Waals surface area contributed by atoms with Crippen molar-refractivity contribution in [1.82, 2.24) is 23.5 Å². The largest absolute Gasteiger partial charge is 0.309 e. The van der Waals surface area contributed by atoms with Crippen molar-refractivity contribution in [3.63, 3.8) is 0 Å². The highest BCUT2D eigenvalue weighted by molar-refractivity contribution is 6.13. The Labute approximate surface area is 315 Å². The molecule has 0 saturated heterocycles. The Hall–Kier alpha value is -7.50. The highest BCUT2D eigenvalue weighted by Gasteiger charge is 2.21. The summed E-state index contributed by atoms with van der Waals surface area (Å²) in [5.74, 6) is 0.820. The molecule has 0 saturated carbocycles. The molecule has 0 unspecified atom stereocenters. The van der Waals surface area contributed by atoms with Gasteiger partial charge in [-0.25, -0.2) is 9.97 Å². The van der Waals surface area contributed by atoms with Crippen LogP contribution in [0, 0.1) is 0 Å². The average Bonchev–Trinajstić information content (AvgIpc) is 3.91. The molecule has 12 rings (SSSR count). The van der Waals surface area contributed by atoms with E-state index in [0.29, 0.717) is 0 Å². The van der Waals surface area contributed by atoms with Gasteiger partial charge in [0.2, 0.25) is 5.95 Å². The minimum absolute atomic E-state index is 0.820. The molecular formula is C50H31N5. The van der Waals surface area contributed by atoms with E-state index in [2.05, 4.69) is 189 Å². The maximum Gasteiger partial charge on any atom is 0.221 e. The van der Waals surface area contributed by atoms with Crippen LogP contribution in [0.4, 0.5) is 0 Å². The van der Waals surface area contributed by atoms with Crippen LogP contribution in [0.1, 0.15) is 0 Å². The van der Waals surface area contributed by atoms with Crippen LogP contribution >= 0.6 is 0 Å². The molecule has 4 heterocycles. The summed E-state index contributed by atoms with van der Waals surface area (Å²) in [4.78, 5) is 10.5. The molecule has 0 radical (unpaired) electrons. The van der Waals surface area contributed by atoms with Gasteiger partial charge in [-0.05, 0) is 95.1 Å². The Balaban J connectivity index is 1.14. The van der Waals surface area contributed by atoms with E-state index in [0.717, 1.165) is 55.6 Å². The van der Waals surface area contributed by atoms with Gasteiger partial charge in [-0.3, -0.25) is 8.97 Å². The van der Waals surface area contributed by atoms with Crippen LogP contribution in [-0.4, -0.2) is 23.5 Å². The fraction of sp³-hybridized carbons (Fsp3) is 0. The van der Waals surface area contributed by atoms with Crippen LogP contribution in [-0.2, 0) is 0 Å². The number of aromatic nitrogens is 5. The number of rotatable bonds is 4. The maximum atomic E-state index is 5.37. The van der Waals surface area contributed by atoms with Crippen molar-refractivity contribution in [3.05, 3.63) is 188 Å². The van der Waals surface area contributed by atoms with Crippen molar-refractivity contribution in [2.75, 3.05) is 0 Å². The summed E-state index contributed by atoms with van der Waals surface area (Å²) < 4.78 is 6.96. The predicted octanol–water partition coefficient (Wildman–Crippen LogP) is 12.6. The van der Waals surface area contributed by atoms with Crippen LogP contribution in [0.2, 0.25) is 0 Å². The van der Waals surface area contributed by atoms with E-state index in [1.54, 1.807) is 0 Å². The van der Waals surface area contributed by atoms with Gasteiger partial charge in [-0.2, -0.15) is 0 Å². The lowest BCUT2D eigenvalue weighted by Gasteiger charge is -2.13. The molecule has 0 amide bonds. The third-order valence-electron chi connectivity index (χ3n) is 11.2. The molecule has 5 nitrogen and oxygen atoms in total. The minimum Gasteiger partial charge on any atom is -0.309 e. The SMILES string of the molecule is c1ccc(-c2ccc3c(c2)c2cc(-c4ccccc4)ccc2n3-c2ccc3c(c2)c2ccccc2n3-c2nc3ccccc3c3nc4ccccc4n23)cc1.